The minimum Gasteiger partial charge on any atom is -0.487 e. The third-order valence-electron chi connectivity index (χ3n) is 2.30. The quantitative estimate of drug-likeness (QED) is 0.838. The summed E-state index contributed by atoms with van der Waals surface area (Å²) in [5, 5.41) is 3.27. The normalized spacial score (nSPS) is 12.8. The van der Waals surface area contributed by atoms with Crippen molar-refractivity contribution in [3.05, 3.63) is 28.5 Å². The molecule has 0 aromatic heterocycles. The molecule has 0 bridgehead atoms. The first-order valence-electron chi connectivity index (χ1n) is 5.87. The van der Waals surface area contributed by atoms with E-state index in [1.807, 2.05) is 0 Å². The smallest absolute Gasteiger partial charge is 0.141 e. The summed E-state index contributed by atoms with van der Waals surface area (Å²) in [6.07, 6.45) is -0.141. The highest BCUT2D eigenvalue weighted by Gasteiger charge is 2.12. The summed E-state index contributed by atoms with van der Waals surface area (Å²) >= 11 is 3.11. The van der Waals surface area contributed by atoms with Crippen molar-refractivity contribution in [2.24, 2.45) is 0 Å². The van der Waals surface area contributed by atoms with Crippen LogP contribution in [0.2, 0.25) is 0 Å². The van der Waals surface area contributed by atoms with Gasteiger partial charge in [-0.1, -0.05) is 13.8 Å². The number of rotatable bonds is 7. The Balaban J connectivity index is 2.61. The second-order valence-corrected chi connectivity index (χ2v) is 5.19. The predicted molar refractivity (Wildman–Crippen MR) is 73.5 cm³/mol. The van der Waals surface area contributed by atoms with Crippen molar-refractivity contribution < 1.29 is 13.9 Å². The molecule has 0 saturated heterocycles. The van der Waals surface area contributed by atoms with Crippen molar-refractivity contribution in [1.82, 2.24) is 5.32 Å². The molecule has 3 nitrogen and oxygen atoms in total. The maximum absolute atomic E-state index is 13.4. The Kier molecular flexibility index (Phi) is 6.60. The lowest BCUT2D eigenvalue weighted by Gasteiger charge is -2.20. The van der Waals surface area contributed by atoms with Gasteiger partial charge in [-0.15, -0.1) is 0 Å². The van der Waals surface area contributed by atoms with Gasteiger partial charge in [0.2, 0.25) is 0 Å². The minimum atomic E-state index is -0.333. The lowest BCUT2D eigenvalue weighted by molar-refractivity contribution is 0.0792. The van der Waals surface area contributed by atoms with Crippen LogP contribution in [0.1, 0.15) is 13.8 Å². The molecule has 1 unspecified atom stereocenters. The molecule has 0 aliphatic rings. The third kappa shape index (κ3) is 5.33. The van der Waals surface area contributed by atoms with E-state index in [0.29, 0.717) is 29.4 Å². The Morgan fingerprint density at radius 3 is 2.67 bits per heavy atom. The van der Waals surface area contributed by atoms with Crippen LogP contribution in [0.4, 0.5) is 4.39 Å². The predicted octanol–water partition coefficient (Wildman–Crippen LogP) is 2.98. The second kappa shape index (κ2) is 7.71. The van der Waals surface area contributed by atoms with Gasteiger partial charge in [-0.05, 0) is 28.1 Å². The van der Waals surface area contributed by atoms with Gasteiger partial charge in [-0.25, -0.2) is 4.39 Å². The molecule has 18 heavy (non-hydrogen) atoms. The molecule has 0 heterocycles. The van der Waals surface area contributed by atoms with Gasteiger partial charge in [0.25, 0.3) is 0 Å². The molecule has 0 fully saturated rings. The van der Waals surface area contributed by atoms with Crippen LogP contribution in [-0.4, -0.2) is 32.4 Å². The van der Waals surface area contributed by atoms with Gasteiger partial charge in [0.1, 0.15) is 17.7 Å². The van der Waals surface area contributed by atoms with Gasteiger partial charge in [0, 0.05) is 25.8 Å². The van der Waals surface area contributed by atoms with Crippen molar-refractivity contribution >= 4 is 15.9 Å². The summed E-state index contributed by atoms with van der Waals surface area (Å²) in [5.41, 5.74) is 0. The van der Waals surface area contributed by atoms with Crippen molar-refractivity contribution in [3.8, 4) is 5.75 Å². The molecule has 0 aliphatic carbocycles. The molecule has 1 N–H and O–H groups in total. The highest BCUT2D eigenvalue weighted by atomic mass is 79.9. The molecule has 1 aromatic carbocycles. The van der Waals surface area contributed by atoms with E-state index in [9.17, 15) is 4.39 Å². The van der Waals surface area contributed by atoms with E-state index >= 15 is 0 Å². The fraction of sp³-hybridized carbons (Fsp3) is 0.538. The first-order chi connectivity index (χ1) is 8.52. The average molecular weight is 320 g/mol. The first-order valence-corrected chi connectivity index (χ1v) is 6.66. The largest absolute Gasteiger partial charge is 0.487 e. The molecule has 102 valence electrons. The molecule has 1 aromatic rings. The number of halogens is 2. The zero-order chi connectivity index (χ0) is 13.5. The van der Waals surface area contributed by atoms with Crippen LogP contribution >= 0.6 is 15.9 Å². The first kappa shape index (κ1) is 15.4. The fourth-order valence-corrected chi connectivity index (χ4v) is 1.68. The molecular weight excluding hydrogens is 301 g/mol. The topological polar surface area (TPSA) is 30.5 Å². The summed E-state index contributed by atoms with van der Waals surface area (Å²) in [5.74, 6) is 0.170. The summed E-state index contributed by atoms with van der Waals surface area (Å²) in [6, 6.07) is 5.09. The molecule has 5 heteroatoms. The molecule has 0 spiro atoms. The number of benzene rings is 1. The number of methoxy groups -OCH3 is 1. The molecule has 1 atom stereocenters. The van der Waals surface area contributed by atoms with Crippen LogP contribution in [0.25, 0.3) is 0 Å². The Labute approximate surface area is 116 Å². The van der Waals surface area contributed by atoms with E-state index in [-0.39, 0.29) is 11.9 Å². The highest BCUT2D eigenvalue weighted by Crippen LogP contribution is 2.21. The van der Waals surface area contributed by atoms with Gasteiger partial charge in [0.05, 0.1) is 11.1 Å². The van der Waals surface area contributed by atoms with Gasteiger partial charge in [-0.3, -0.25) is 0 Å². The Hall–Kier alpha value is -0.650. The zero-order valence-electron chi connectivity index (χ0n) is 10.9. The van der Waals surface area contributed by atoms with Crippen molar-refractivity contribution in [2.75, 3.05) is 20.3 Å². The summed E-state index contributed by atoms with van der Waals surface area (Å²) in [6.45, 7) is 5.23. The van der Waals surface area contributed by atoms with E-state index in [0.717, 1.165) is 0 Å². The van der Waals surface area contributed by atoms with Crippen molar-refractivity contribution in [2.45, 2.75) is 26.0 Å². The standard InChI is InChI=1S/C13H19BrFNO2/c1-9(2)16-7-11(8-17-3)18-10-4-5-12(14)13(15)6-10/h4-6,9,11,16H,7-8H2,1-3H3. The van der Waals surface area contributed by atoms with Gasteiger partial charge in [0.15, 0.2) is 0 Å². The number of hydrogen-bond donors (Lipinski definition) is 1. The van der Waals surface area contributed by atoms with Crippen LogP contribution in [0.15, 0.2) is 22.7 Å². The molecule has 0 aliphatic heterocycles. The lowest BCUT2D eigenvalue weighted by atomic mass is 10.3. The summed E-state index contributed by atoms with van der Waals surface area (Å²) in [7, 11) is 1.62. The van der Waals surface area contributed by atoms with E-state index in [1.54, 1.807) is 19.2 Å². The van der Waals surface area contributed by atoms with E-state index in [1.165, 1.54) is 6.07 Å². The molecule has 0 radical (unpaired) electrons. The van der Waals surface area contributed by atoms with Gasteiger partial charge >= 0.3 is 0 Å². The van der Waals surface area contributed by atoms with Crippen LogP contribution in [-0.2, 0) is 4.74 Å². The monoisotopic (exact) mass is 319 g/mol. The number of nitrogens with one attached hydrogen (secondary N) is 1. The Bertz CT molecular complexity index is 374. The third-order valence-corrected chi connectivity index (χ3v) is 2.94. The summed E-state index contributed by atoms with van der Waals surface area (Å²) in [4.78, 5) is 0. The summed E-state index contributed by atoms with van der Waals surface area (Å²) < 4.78 is 24.6. The maximum Gasteiger partial charge on any atom is 0.141 e. The molecule has 1 rings (SSSR count). The average Bonchev–Trinajstić information content (AvgIpc) is 2.31. The van der Waals surface area contributed by atoms with Gasteiger partial charge in [-0.2, -0.15) is 0 Å². The van der Waals surface area contributed by atoms with E-state index in [4.69, 9.17) is 9.47 Å². The fourth-order valence-electron chi connectivity index (χ4n) is 1.43. The van der Waals surface area contributed by atoms with Crippen molar-refractivity contribution in [3.63, 3.8) is 0 Å². The van der Waals surface area contributed by atoms with Crippen LogP contribution < -0.4 is 10.1 Å². The van der Waals surface area contributed by atoms with Crippen LogP contribution in [0.5, 0.6) is 5.75 Å². The maximum atomic E-state index is 13.4. The van der Waals surface area contributed by atoms with Crippen molar-refractivity contribution in [1.29, 1.82) is 0 Å². The molecule has 0 saturated carbocycles. The second-order valence-electron chi connectivity index (χ2n) is 4.33. The molecule has 0 amide bonds. The SMILES string of the molecule is COCC(CNC(C)C)Oc1ccc(Br)c(F)c1. The lowest BCUT2D eigenvalue weighted by Crippen LogP contribution is -2.38. The van der Waals surface area contributed by atoms with E-state index in [2.05, 4.69) is 35.1 Å². The van der Waals surface area contributed by atoms with E-state index < -0.39 is 0 Å². The van der Waals surface area contributed by atoms with Crippen LogP contribution in [0.3, 0.4) is 0 Å². The number of hydrogen-bond acceptors (Lipinski definition) is 3. The van der Waals surface area contributed by atoms with Gasteiger partial charge < -0.3 is 14.8 Å². The Morgan fingerprint density at radius 1 is 1.39 bits per heavy atom. The number of ether oxygens (including phenoxy) is 2. The zero-order valence-corrected chi connectivity index (χ0v) is 12.5. The molecular formula is C13H19BrFNO2. The highest BCUT2D eigenvalue weighted by molar-refractivity contribution is 9.10. The van der Waals surface area contributed by atoms with Crippen LogP contribution in [0, 0.1) is 5.82 Å². The Morgan fingerprint density at radius 2 is 2.11 bits per heavy atom. The minimum absolute atomic E-state index is 0.141.